The lowest BCUT2D eigenvalue weighted by Crippen LogP contribution is -2.39. The summed E-state index contributed by atoms with van der Waals surface area (Å²) in [5.41, 5.74) is 2.59. The number of anilines is 1. The fourth-order valence-electron chi connectivity index (χ4n) is 3.47. The monoisotopic (exact) mass is 353 g/mol. The fourth-order valence-corrected chi connectivity index (χ4v) is 3.47. The minimum absolute atomic E-state index is 0.155. The molecule has 138 valence electrons. The van der Waals surface area contributed by atoms with Gasteiger partial charge < -0.3 is 15.0 Å². The largest absolute Gasteiger partial charge is 0.497 e. The maximum atomic E-state index is 12.3. The van der Waals surface area contributed by atoms with Crippen LogP contribution in [0.1, 0.15) is 48.7 Å². The maximum Gasteiger partial charge on any atom is 0.270 e. The quantitative estimate of drug-likeness (QED) is 0.858. The predicted octanol–water partition coefficient (Wildman–Crippen LogP) is 3.79. The molecule has 0 aliphatic carbocycles. The molecule has 5 nitrogen and oxygen atoms in total. The minimum Gasteiger partial charge on any atom is -0.497 e. The molecule has 1 aliphatic rings. The number of nitrogens with zero attached hydrogens (tertiary/aromatic N) is 2. The van der Waals surface area contributed by atoms with Gasteiger partial charge in [-0.05, 0) is 55.5 Å². The van der Waals surface area contributed by atoms with E-state index in [2.05, 4.69) is 22.1 Å². The first kappa shape index (κ1) is 18.2. The molecule has 0 spiro atoms. The summed E-state index contributed by atoms with van der Waals surface area (Å²) in [5.74, 6) is 0.651. The second-order valence-corrected chi connectivity index (χ2v) is 6.68. The van der Waals surface area contributed by atoms with Crippen LogP contribution in [-0.4, -0.2) is 30.6 Å². The zero-order valence-electron chi connectivity index (χ0n) is 15.6. The van der Waals surface area contributed by atoms with Crippen molar-refractivity contribution in [2.75, 3.05) is 18.6 Å². The summed E-state index contributed by atoms with van der Waals surface area (Å²) in [6.45, 7) is 3.77. The van der Waals surface area contributed by atoms with Crippen LogP contribution in [0, 0.1) is 0 Å². The van der Waals surface area contributed by atoms with Crippen molar-refractivity contribution in [1.29, 1.82) is 0 Å². The fraction of sp³-hybridized carbons (Fsp3) is 0.429. The number of rotatable bonds is 6. The van der Waals surface area contributed by atoms with E-state index in [1.54, 1.807) is 7.11 Å². The Balaban J connectivity index is 1.59. The van der Waals surface area contributed by atoms with Crippen LogP contribution in [0.25, 0.3) is 0 Å². The lowest BCUT2D eigenvalue weighted by molar-refractivity contribution is 0.0946. The van der Waals surface area contributed by atoms with E-state index in [0.29, 0.717) is 18.3 Å². The SMILES string of the molecule is CCC1CCCCN1c1ccc(C(=O)NCc2ccc(OC)cc2)nc1. The van der Waals surface area contributed by atoms with Crippen LogP contribution < -0.4 is 15.0 Å². The van der Waals surface area contributed by atoms with Crippen molar-refractivity contribution in [2.45, 2.75) is 45.2 Å². The van der Waals surface area contributed by atoms with Gasteiger partial charge in [-0.3, -0.25) is 4.79 Å². The van der Waals surface area contributed by atoms with Crippen molar-refractivity contribution < 1.29 is 9.53 Å². The Morgan fingerprint density at radius 2 is 2.04 bits per heavy atom. The lowest BCUT2D eigenvalue weighted by atomic mass is 9.99. The molecule has 3 rings (SSSR count). The van der Waals surface area contributed by atoms with Crippen molar-refractivity contribution in [3.63, 3.8) is 0 Å². The summed E-state index contributed by atoms with van der Waals surface area (Å²) in [4.78, 5) is 19.2. The highest BCUT2D eigenvalue weighted by Gasteiger charge is 2.21. The molecule has 26 heavy (non-hydrogen) atoms. The molecule has 2 aromatic rings. The first-order valence-corrected chi connectivity index (χ1v) is 9.35. The number of hydrogen-bond donors (Lipinski definition) is 1. The number of piperidine rings is 1. The van der Waals surface area contributed by atoms with E-state index in [-0.39, 0.29) is 5.91 Å². The van der Waals surface area contributed by atoms with Gasteiger partial charge in [0.2, 0.25) is 0 Å². The van der Waals surface area contributed by atoms with Gasteiger partial charge in [-0.25, -0.2) is 4.98 Å². The van der Waals surface area contributed by atoms with Gasteiger partial charge in [0.25, 0.3) is 5.91 Å². The van der Waals surface area contributed by atoms with Crippen LogP contribution in [0.5, 0.6) is 5.75 Å². The van der Waals surface area contributed by atoms with Gasteiger partial charge in [-0.2, -0.15) is 0 Å². The van der Waals surface area contributed by atoms with Crippen LogP contribution in [-0.2, 0) is 6.54 Å². The number of nitrogens with one attached hydrogen (secondary N) is 1. The van der Waals surface area contributed by atoms with E-state index < -0.39 is 0 Å². The van der Waals surface area contributed by atoms with E-state index in [9.17, 15) is 4.79 Å². The molecule has 1 fully saturated rings. The molecule has 0 bridgehead atoms. The molecule has 1 aromatic heterocycles. The van der Waals surface area contributed by atoms with Gasteiger partial charge in [0.1, 0.15) is 11.4 Å². The Labute approximate surface area is 155 Å². The number of amides is 1. The molecule has 2 heterocycles. The van der Waals surface area contributed by atoms with Crippen LogP contribution >= 0.6 is 0 Å². The molecular formula is C21H27N3O2. The third-order valence-electron chi connectivity index (χ3n) is 5.02. The van der Waals surface area contributed by atoms with Crippen LogP contribution in [0.2, 0.25) is 0 Å². The molecule has 1 unspecified atom stereocenters. The normalized spacial score (nSPS) is 17.0. The van der Waals surface area contributed by atoms with Gasteiger partial charge in [-0.15, -0.1) is 0 Å². The number of aromatic nitrogens is 1. The van der Waals surface area contributed by atoms with Gasteiger partial charge in [-0.1, -0.05) is 19.1 Å². The zero-order valence-corrected chi connectivity index (χ0v) is 15.6. The molecule has 1 saturated heterocycles. The minimum atomic E-state index is -0.155. The highest BCUT2D eigenvalue weighted by molar-refractivity contribution is 5.92. The summed E-state index contributed by atoms with van der Waals surface area (Å²) < 4.78 is 5.14. The van der Waals surface area contributed by atoms with E-state index in [1.807, 2.05) is 42.6 Å². The van der Waals surface area contributed by atoms with Gasteiger partial charge in [0.15, 0.2) is 0 Å². The third-order valence-corrected chi connectivity index (χ3v) is 5.02. The molecule has 1 aromatic carbocycles. The van der Waals surface area contributed by atoms with E-state index in [4.69, 9.17) is 4.74 Å². The van der Waals surface area contributed by atoms with Gasteiger partial charge >= 0.3 is 0 Å². The molecule has 0 saturated carbocycles. The maximum absolute atomic E-state index is 12.3. The highest BCUT2D eigenvalue weighted by Crippen LogP contribution is 2.25. The summed E-state index contributed by atoms with van der Waals surface area (Å²) in [7, 11) is 1.64. The van der Waals surface area contributed by atoms with Crippen molar-refractivity contribution in [2.24, 2.45) is 0 Å². The molecule has 0 radical (unpaired) electrons. The average Bonchev–Trinajstić information content (AvgIpc) is 2.72. The topological polar surface area (TPSA) is 54.5 Å². The van der Waals surface area contributed by atoms with Gasteiger partial charge in [0.05, 0.1) is 19.0 Å². The van der Waals surface area contributed by atoms with Crippen molar-refractivity contribution in [3.05, 3.63) is 53.9 Å². The molecule has 1 aliphatic heterocycles. The molecule has 1 amide bonds. The Kier molecular flexibility index (Phi) is 6.10. The van der Waals surface area contributed by atoms with Crippen LogP contribution in [0.4, 0.5) is 5.69 Å². The first-order chi connectivity index (χ1) is 12.7. The summed E-state index contributed by atoms with van der Waals surface area (Å²) in [6.07, 6.45) is 6.73. The first-order valence-electron chi connectivity index (χ1n) is 9.35. The highest BCUT2D eigenvalue weighted by atomic mass is 16.5. The molecular weight excluding hydrogens is 326 g/mol. The lowest BCUT2D eigenvalue weighted by Gasteiger charge is -2.37. The Morgan fingerprint density at radius 1 is 1.23 bits per heavy atom. The second kappa shape index (κ2) is 8.70. The van der Waals surface area contributed by atoms with E-state index in [0.717, 1.165) is 30.0 Å². The van der Waals surface area contributed by atoms with Crippen LogP contribution in [0.15, 0.2) is 42.6 Å². The number of benzene rings is 1. The van der Waals surface area contributed by atoms with E-state index >= 15 is 0 Å². The van der Waals surface area contributed by atoms with Gasteiger partial charge in [0, 0.05) is 19.1 Å². The number of carbonyl (C=O) groups is 1. The number of hydrogen-bond acceptors (Lipinski definition) is 4. The average molecular weight is 353 g/mol. The third kappa shape index (κ3) is 4.34. The smallest absolute Gasteiger partial charge is 0.270 e. The number of ether oxygens (including phenoxy) is 1. The Hall–Kier alpha value is -2.56. The number of carbonyl (C=O) groups excluding carboxylic acids is 1. The van der Waals surface area contributed by atoms with E-state index in [1.165, 1.54) is 19.3 Å². The van der Waals surface area contributed by atoms with Crippen molar-refractivity contribution in [3.8, 4) is 5.75 Å². The van der Waals surface area contributed by atoms with Crippen molar-refractivity contribution >= 4 is 11.6 Å². The molecule has 1 N–H and O–H groups in total. The molecule has 5 heteroatoms. The molecule has 1 atom stereocenters. The number of methoxy groups -OCH3 is 1. The summed E-state index contributed by atoms with van der Waals surface area (Å²) in [6, 6.07) is 12.1. The summed E-state index contributed by atoms with van der Waals surface area (Å²) in [5, 5.41) is 2.92. The van der Waals surface area contributed by atoms with Crippen molar-refractivity contribution in [1.82, 2.24) is 10.3 Å². The zero-order chi connectivity index (χ0) is 18.4. The summed E-state index contributed by atoms with van der Waals surface area (Å²) >= 11 is 0. The Bertz CT molecular complexity index is 713. The second-order valence-electron chi connectivity index (χ2n) is 6.68. The van der Waals surface area contributed by atoms with Crippen LogP contribution in [0.3, 0.4) is 0 Å². The Morgan fingerprint density at radius 3 is 2.69 bits per heavy atom. The number of pyridine rings is 1. The predicted molar refractivity (Wildman–Crippen MR) is 104 cm³/mol. The standard InChI is InChI=1S/C21H27N3O2/c1-3-17-6-4-5-13-24(17)18-9-12-20(22-15-18)21(25)23-14-16-7-10-19(26-2)11-8-16/h7-12,15,17H,3-6,13-14H2,1-2H3,(H,23,25).